The topological polar surface area (TPSA) is 63.1 Å². The molecule has 2 aliphatic rings. The molecule has 0 saturated carbocycles. The molecule has 134 valence electrons. The summed E-state index contributed by atoms with van der Waals surface area (Å²) >= 11 is 1.89. The van der Waals surface area contributed by atoms with Gasteiger partial charge in [-0.2, -0.15) is 0 Å². The van der Waals surface area contributed by atoms with Gasteiger partial charge < -0.3 is 9.88 Å². The molecule has 0 radical (unpaired) electrons. The molecule has 0 unspecified atom stereocenters. The van der Waals surface area contributed by atoms with Gasteiger partial charge in [0.2, 0.25) is 5.82 Å². The van der Waals surface area contributed by atoms with E-state index in [0.29, 0.717) is 17.7 Å². The van der Waals surface area contributed by atoms with Crippen molar-refractivity contribution in [2.75, 3.05) is 13.1 Å². The van der Waals surface area contributed by atoms with Gasteiger partial charge in [-0.1, -0.05) is 0 Å². The number of fused-ring (bicyclic) bond motifs is 2. The molecule has 0 aromatic carbocycles. The van der Waals surface area contributed by atoms with Gasteiger partial charge in [-0.05, 0) is 44.7 Å². The third-order valence-corrected chi connectivity index (χ3v) is 6.13. The van der Waals surface area contributed by atoms with E-state index in [1.165, 1.54) is 9.75 Å². The molecule has 0 bridgehead atoms. The number of rotatable bonds is 4. The molecule has 7 heteroatoms. The molecule has 0 aliphatic carbocycles. The Hall–Kier alpha value is -1.73. The lowest BCUT2D eigenvalue weighted by atomic mass is 9.89. The number of carbonyl (C=O) groups is 1. The lowest BCUT2D eigenvalue weighted by Crippen LogP contribution is -2.35. The summed E-state index contributed by atoms with van der Waals surface area (Å²) in [6, 6.07) is 4.54. The lowest BCUT2D eigenvalue weighted by Gasteiger charge is -2.25. The number of likely N-dealkylation sites (tertiary alicyclic amines) is 1. The van der Waals surface area contributed by atoms with Gasteiger partial charge in [0.25, 0.3) is 5.91 Å². The van der Waals surface area contributed by atoms with Gasteiger partial charge in [0.05, 0.1) is 0 Å². The number of nitrogens with zero attached hydrogens (tertiary/aromatic N) is 4. The van der Waals surface area contributed by atoms with Crippen molar-refractivity contribution in [3.05, 3.63) is 33.5 Å². The SMILES string of the molecule is Cc1ccc(CN2C[C@@H]3Cc4nnc(C(=O)NC(C)C)n4C[C@@H]3C2)s1. The summed E-state index contributed by atoms with van der Waals surface area (Å²) in [5.74, 6) is 2.52. The molecule has 1 saturated heterocycles. The smallest absolute Gasteiger partial charge is 0.289 e. The van der Waals surface area contributed by atoms with Crippen molar-refractivity contribution in [3.8, 4) is 0 Å². The highest BCUT2D eigenvalue weighted by Crippen LogP contribution is 2.33. The number of amides is 1. The van der Waals surface area contributed by atoms with Crippen LogP contribution in [0.25, 0.3) is 0 Å². The molecule has 2 atom stereocenters. The lowest BCUT2D eigenvalue weighted by molar-refractivity contribution is 0.0924. The molecule has 1 fully saturated rings. The van der Waals surface area contributed by atoms with Crippen LogP contribution >= 0.6 is 11.3 Å². The fourth-order valence-electron chi connectivity index (χ4n) is 4.04. The molecule has 1 amide bonds. The van der Waals surface area contributed by atoms with Crippen LogP contribution in [0.4, 0.5) is 0 Å². The van der Waals surface area contributed by atoms with E-state index in [2.05, 4.69) is 39.5 Å². The van der Waals surface area contributed by atoms with Crippen LogP contribution < -0.4 is 5.32 Å². The second-order valence-electron chi connectivity index (χ2n) is 7.61. The van der Waals surface area contributed by atoms with Crippen LogP contribution in [0.1, 0.15) is 40.0 Å². The third-order valence-electron chi connectivity index (χ3n) is 5.14. The van der Waals surface area contributed by atoms with Crippen molar-refractivity contribution in [2.24, 2.45) is 11.8 Å². The van der Waals surface area contributed by atoms with Crippen molar-refractivity contribution < 1.29 is 4.79 Å². The molecular formula is C18H25N5OS. The first-order chi connectivity index (χ1) is 12.0. The number of aromatic nitrogens is 3. The second-order valence-corrected chi connectivity index (χ2v) is 8.98. The minimum atomic E-state index is -0.115. The molecule has 4 heterocycles. The Morgan fingerprint density at radius 2 is 2.08 bits per heavy atom. The van der Waals surface area contributed by atoms with Crippen LogP contribution in [0.3, 0.4) is 0 Å². The fourth-order valence-corrected chi connectivity index (χ4v) is 4.97. The van der Waals surface area contributed by atoms with Crippen LogP contribution in [0, 0.1) is 18.8 Å². The quantitative estimate of drug-likeness (QED) is 0.908. The fraction of sp³-hybridized carbons (Fsp3) is 0.611. The van der Waals surface area contributed by atoms with E-state index in [9.17, 15) is 4.79 Å². The molecule has 4 rings (SSSR count). The third kappa shape index (κ3) is 3.35. The minimum absolute atomic E-state index is 0.105. The van der Waals surface area contributed by atoms with E-state index in [-0.39, 0.29) is 11.9 Å². The maximum Gasteiger partial charge on any atom is 0.289 e. The van der Waals surface area contributed by atoms with Crippen LogP contribution in [-0.2, 0) is 19.5 Å². The molecule has 6 nitrogen and oxygen atoms in total. The van der Waals surface area contributed by atoms with Gasteiger partial charge in [0, 0.05) is 48.4 Å². The zero-order chi connectivity index (χ0) is 17.6. The molecular weight excluding hydrogens is 334 g/mol. The first-order valence-electron chi connectivity index (χ1n) is 9.00. The van der Waals surface area contributed by atoms with E-state index in [1.54, 1.807) is 0 Å². The Labute approximate surface area is 152 Å². The normalized spacial score (nSPS) is 22.9. The number of nitrogens with one attached hydrogen (secondary N) is 1. The Morgan fingerprint density at radius 3 is 2.80 bits per heavy atom. The van der Waals surface area contributed by atoms with Crippen molar-refractivity contribution in [1.82, 2.24) is 25.0 Å². The van der Waals surface area contributed by atoms with Crippen LogP contribution in [0.5, 0.6) is 0 Å². The van der Waals surface area contributed by atoms with E-state index in [4.69, 9.17) is 0 Å². The maximum absolute atomic E-state index is 12.3. The summed E-state index contributed by atoms with van der Waals surface area (Å²) in [4.78, 5) is 17.7. The summed E-state index contributed by atoms with van der Waals surface area (Å²) in [5.41, 5.74) is 0. The Morgan fingerprint density at radius 1 is 1.28 bits per heavy atom. The predicted molar refractivity (Wildman–Crippen MR) is 97.6 cm³/mol. The monoisotopic (exact) mass is 359 g/mol. The summed E-state index contributed by atoms with van der Waals surface area (Å²) < 4.78 is 2.04. The largest absolute Gasteiger partial charge is 0.347 e. The molecule has 0 spiro atoms. The second kappa shape index (κ2) is 6.53. The van der Waals surface area contributed by atoms with Crippen molar-refractivity contribution in [1.29, 1.82) is 0 Å². The van der Waals surface area contributed by atoms with Crippen molar-refractivity contribution in [3.63, 3.8) is 0 Å². The number of thiophene rings is 1. The van der Waals surface area contributed by atoms with Gasteiger partial charge in [-0.15, -0.1) is 21.5 Å². The van der Waals surface area contributed by atoms with Gasteiger partial charge in [-0.25, -0.2) is 0 Å². The van der Waals surface area contributed by atoms with Gasteiger partial charge in [0.1, 0.15) is 5.82 Å². The Balaban J connectivity index is 1.45. The highest BCUT2D eigenvalue weighted by Gasteiger charge is 2.39. The van der Waals surface area contributed by atoms with Crippen molar-refractivity contribution >= 4 is 17.2 Å². The molecule has 25 heavy (non-hydrogen) atoms. The van der Waals surface area contributed by atoms with Gasteiger partial charge in [-0.3, -0.25) is 9.69 Å². The zero-order valence-corrected chi connectivity index (χ0v) is 15.8. The number of hydrogen-bond acceptors (Lipinski definition) is 5. The summed E-state index contributed by atoms with van der Waals surface area (Å²) in [5, 5.41) is 11.4. The number of aryl methyl sites for hydroxylation is 1. The van der Waals surface area contributed by atoms with Crippen LogP contribution in [-0.4, -0.2) is 44.7 Å². The van der Waals surface area contributed by atoms with Crippen LogP contribution in [0.2, 0.25) is 0 Å². The molecule has 2 aromatic rings. The van der Waals surface area contributed by atoms with Gasteiger partial charge >= 0.3 is 0 Å². The zero-order valence-electron chi connectivity index (χ0n) is 15.0. The van der Waals surface area contributed by atoms with Crippen molar-refractivity contribution in [2.45, 2.75) is 46.3 Å². The first kappa shape index (κ1) is 16.7. The minimum Gasteiger partial charge on any atom is -0.347 e. The molecule has 1 N–H and O–H groups in total. The highest BCUT2D eigenvalue weighted by atomic mass is 32.1. The Bertz CT molecular complexity index is 780. The predicted octanol–water partition coefficient (Wildman–Crippen LogP) is 2.09. The first-order valence-corrected chi connectivity index (χ1v) is 9.82. The van der Waals surface area contributed by atoms with E-state index in [0.717, 1.165) is 38.4 Å². The Kier molecular flexibility index (Phi) is 4.37. The number of carbonyl (C=O) groups excluding carboxylic acids is 1. The van der Waals surface area contributed by atoms with E-state index in [1.807, 2.05) is 29.8 Å². The highest BCUT2D eigenvalue weighted by molar-refractivity contribution is 7.11. The average molecular weight is 359 g/mol. The molecule has 2 aliphatic heterocycles. The molecule has 2 aromatic heterocycles. The average Bonchev–Trinajstić information content (AvgIpc) is 3.22. The maximum atomic E-state index is 12.3. The van der Waals surface area contributed by atoms with E-state index >= 15 is 0 Å². The van der Waals surface area contributed by atoms with E-state index < -0.39 is 0 Å². The standard InChI is InChI=1S/C18H25N5OS/c1-11(2)19-18(24)17-21-20-16-6-13-7-22(8-14(13)9-23(16)17)10-15-5-4-12(3)25-15/h4-5,11,13-14H,6-10H2,1-3H3,(H,19,24)/t13-,14-/m0/s1. The summed E-state index contributed by atoms with van der Waals surface area (Å²) in [7, 11) is 0. The van der Waals surface area contributed by atoms with Crippen LogP contribution in [0.15, 0.2) is 12.1 Å². The summed E-state index contributed by atoms with van der Waals surface area (Å²) in [6.45, 7) is 10.2. The number of hydrogen-bond donors (Lipinski definition) is 1. The summed E-state index contributed by atoms with van der Waals surface area (Å²) in [6.07, 6.45) is 0.923. The van der Waals surface area contributed by atoms with Gasteiger partial charge in [0.15, 0.2) is 0 Å².